The van der Waals surface area contributed by atoms with Crippen molar-refractivity contribution in [2.75, 3.05) is 18.0 Å². The van der Waals surface area contributed by atoms with Crippen LogP contribution in [0.25, 0.3) is 11.2 Å². The number of nitrogens with one attached hydrogen (secondary N) is 1. The molecule has 0 aromatic carbocycles. The van der Waals surface area contributed by atoms with Gasteiger partial charge in [-0.2, -0.15) is 0 Å². The van der Waals surface area contributed by atoms with Crippen molar-refractivity contribution in [2.24, 2.45) is 7.05 Å². The second-order valence-corrected chi connectivity index (χ2v) is 6.08. The quantitative estimate of drug-likeness (QED) is 0.744. The molecule has 4 heterocycles. The van der Waals surface area contributed by atoms with E-state index in [4.69, 9.17) is 0 Å². The molecule has 1 saturated heterocycles. The van der Waals surface area contributed by atoms with Crippen molar-refractivity contribution in [3.8, 4) is 0 Å². The van der Waals surface area contributed by atoms with E-state index in [0.717, 1.165) is 36.4 Å². The Morgan fingerprint density at radius 2 is 2.16 bits per heavy atom. The topological polar surface area (TPSA) is 102 Å². The smallest absolute Gasteiger partial charge is 0.270 e. The highest BCUT2D eigenvalue weighted by atomic mass is 16.1. The normalized spacial score (nSPS) is 17.6. The molecular formula is C16H18N8O. The summed E-state index contributed by atoms with van der Waals surface area (Å²) in [5, 5.41) is 3.05. The van der Waals surface area contributed by atoms with E-state index in [1.807, 2.05) is 11.6 Å². The standard InChI is InChI=1S/C16H18N8O/c1-23-10-21-13-14(23)19-9-20-15(13)24-6-2-3-11(7-24)22-16(25)12-4-5-17-8-18-12/h4-5,8-11H,2-3,6-7H2,1H3,(H,22,25). The Bertz CT molecular complexity index is 894. The number of nitrogens with zero attached hydrogens (tertiary/aromatic N) is 7. The van der Waals surface area contributed by atoms with E-state index in [9.17, 15) is 4.79 Å². The Morgan fingerprint density at radius 3 is 3.00 bits per heavy atom. The molecule has 1 amide bonds. The third-order valence-corrected chi connectivity index (χ3v) is 4.35. The number of hydrogen-bond donors (Lipinski definition) is 1. The van der Waals surface area contributed by atoms with E-state index >= 15 is 0 Å². The largest absolute Gasteiger partial charge is 0.353 e. The van der Waals surface area contributed by atoms with E-state index in [2.05, 4.69) is 35.1 Å². The van der Waals surface area contributed by atoms with E-state index < -0.39 is 0 Å². The third kappa shape index (κ3) is 3.00. The molecule has 25 heavy (non-hydrogen) atoms. The van der Waals surface area contributed by atoms with Gasteiger partial charge in [0, 0.05) is 32.4 Å². The molecule has 0 aliphatic carbocycles. The van der Waals surface area contributed by atoms with Crippen LogP contribution in [0.3, 0.4) is 0 Å². The summed E-state index contributed by atoms with van der Waals surface area (Å²) in [5.41, 5.74) is 1.96. The minimum Gasteiger partial charge on any atom is -0.353 e. The van der Waals surface area contributed by atoms with Crippen LogP contribution in [0, 0.1) is 0 Å². The molecule has 1 aliphatic rings. The third-order valence-electron chi connectivity index (χ3n) is 4.35. The number of imidazole rings is 1. The lowest BCUT2D eigenvalue weighted by molar-refractivity contribution is 0.0928. The van der Waals surface area contributed by atoms with E-state index in [1.165, 1.54) is 6.33 Å². The molecule has 0 saturated carbocycles. The number of aromatic nitrogens is 6. The Labute approximate surface area is 144 Å². The number of piperidine rings is 1. The summed E-state index contributed by atoms with van der Waals surface area (Å²) < 4.78 is 1.87. The monoisotopic (exact) mass is 338 g/mol. The molecule has 0 spiro atoms. The van der Waals surface area contributed by atoms with E-state index in [0.29, 0.717) is 12.2 Å². The first-order chi connectivity index (χ1) is 12.2. The Hall–Kier alpha value is -3.10. The summed E-state index contributed by atoms with van der Waals surface area (Å²) in [4.78, 5) is 35.4. The van der Waals surface area contributed by atoms with Gasteiger partial charge < -0.3 is 14.8 Å². The van der Waals surface area contributed by atoms with E-state index in [-0.39, 0.29) is 11.9 Å². The van der Waals surface area contributed by atoms with Crippen molar-refractivity contribution in [2.45, 2.75) is 18.9 Å². The lowest BCUT2D eigenvalue weighted by Crippen LogP contribution is -2.48. The molecule has 1 unspecified atom stereocenters. The van der Waals surface area contributed by atoms with Crippen LogP contribution in [0.5, 0.6) is 0 Å². The van der Waals surface area contributed by atoms with Crippen molar-refractivity contribution in [3.63, 3.8) is 0 Å². The van der Waals surface area contributed by atoms with Gasteiger partial charge in [0.1, 0.15) is 18.3 Å². The summed E-state index contributed by atoms with van der Waals surface area (Å²) in [6.07, 6.45) is 8.12. The van der Waals surface area contributed by atoms with Gasteiger partial charge in [-0.1, -0.05) is 0 Å². The van der Waals surface area contributed by atoms with Gasteiger partial charge in [0.25, 0.3) is 5.91 Å². The fourth-order valence-electron chi connectivity index (χ4n) is 3.14. The highest BCUT2D eigenvalue weighted by Gasteiger charge is 2.25. The average Bonchev–Trinajstić information content (AvgIpc) is 3.04. The first-order valence-electron chi connectivity index (χ1n) is 8.16. The van der Waals surface area contributed by atoms with Gasteiger partial charge in [0.2, 0.25) is 0 Å². The molecule has 1 N–H and O–H groups in total. The molecule has 4 rings (SSSR count). The Balaban J connectivity index is 1.52. The molecule has 3 aromatic rings. The van der Waals surface area contributed by atoms with Crippen molar-refractivity contribution in [3.05, 3.63) is 36.9 Å². The zero-order valence-corrected chi connectivity index (χ0v) is 13.8. The zero-order chi connectivity index (χ0) is 17.2. The van der Waals surface area contributed by atoms with Crippen molar-refractivity contribution in [1.82, 2.24) is 34.8 Å². The SMILES string of the molecule is Cn1cnc2c(N3CCCC(NC(=O)c4ccncn4)C3)ncnc21. The lowest BCUT2D eigenvalue weighted by Gasteiger charge is -2.33. The number of amides is 1. The summed E-state index contributed by atoms with van der Waals surface area (Å²) in [6.45, 7) is 1.56. The predicted octanol–water partition coefficient (Wildman–Crippen LogP) is 0.552. The Morgan fingerprint density at radius 1 is 1.24 bits per heavy atom. The van der Waals surface area contributed by atoms with Crippen LogP contribution >= 0.6 is 0 Å². The van der Waals surface area contributed by atoms with Gasteiger partial charge in [0.15, 0.2) is 17.0 Å². The van der Waals surface area contributed by atoms with Crippen LogP contribution < -0.4 is 10.2 Å². The van der Waals surface area contributed by atoms with Crippen molar-refractivity contribution in [1.29, 1.82) is 0 Å². The second-order valence-electron chi connectivity index (χ2n) is 6.08. The van der Waals surface area contributed by atoms with Gasteiger partial charge in [-0.05, 0) is 18.9 Å². The molecule has 9 heteroatoms. The number of carbonyl (C=O) groups excluding carboxylic acids is 1. The molecule has 1 aliphatic heterocycles. The van der Waals surface area contributed by atoms with Gasteiger partial charge in [-0.3, -0.25) is 4.79 Å². The highest BCUT2D eigenvalue weighted by molar-refractivity contribution is 5.92. The van der Waals surface area contributed by atoms with Gasteiger partial charge in [-0.25, -0.2) is 24.9 Å². The number of rotatable bonds is 3. The van der Waals surface area contributed by atoms with Gasteiger partial charge in [0.05, 0.1) is 6.33 Å². The molecule has 1 atom stereocenters. The molecule has 0 bridgehead atoms. The molecule has 0 radical (unpaired) electrons. The van der Waals surface area contributed by atoms with Gasteiger partial charge in [-0.15, -0.1) is 0 Å². The van der Waals surface area contributed by atoms with Gasteiger partial charge >= 0.3 is 0 Å². The maximum atomic E-state index is 12.3. The first kappa shape index (κ1) is 15.4. The van der Waals surface area contributed by atoms with Crippen LogP contribution in [0.2, 0.25) is 0 Å². The number of hydrogen-bond acceptors (Lipinski definition) is 7. The van der Waals surface area contributed by atoms with Crippen LogP contribution in [0.4, 0.5) is 5.82 Å². The number of carbonyl (C=O) groups is 1. The molecule has 3 aromatic heterocycles. The molecular weight excluding hydrogens is 320 g/mol. The van der Waals surface area contributed by atoms with Crippen molar-refractivity contribution >= 4 is 22.9 Å². The minimum atomic E-state index is -0.181. The number of anilines is 1. The summed E-state index contributed by atoms with van der Waals surface area (Å²) >= 11 is 0. The van der Waals surface area contributed by atoms with Crippen LogP contribution in [-0.4, -0.2) is 54.5 Å². The maximum Gasteiger partial charge on any atom is 0.270 e. The second kappa shape index (κ2) is 6.42. The molecule has 9 nitrogen and oxygen atoms in total. The average molecular weight is 338 g/mol. The fraction of sp³-hybridized carbons (Fsp3) is 0.375. The zero-order valence-electron chi connectivity index (χ0n) is 13.8. The number of aryl methyl sites for hydroxylation is 1. The lowest BCUT2D eigenvalue weighted by atomic mass is 10.1. The maximum absolute atomic E-state index is 12.3. The minimum absolute atomic E-state index is 0.0324. The summed E-state index contributed by atoms with van der Waals surface area (Å²) in [7, 11) is 1.91. The molecule has 1 fully saturated rings. The van der Waals surface area contributed by atoms with Crippen LogP contribution in [0.15, 0.2) is 31.2 Å². The number of fused-ring (bicyclic) bond motifs is 1. The molecule has 128 valence electrons. The highest BCUT2D eigenvalue weighted by Crippen LogP contribution is 2.24. The summed E-state index contributed by atoms with van der Waals surface area (Å²) in [6, 6.07) is 1.64. The van der Waals surface area contributed by atoms with Crippen molar-refractivity contribution < 1.29 is 4.79 Å². The van der Waals surface area contributed by atoms with Crippen LogP contribution in [-0.2, 0) is 7.05 Å². The van der Waals surface area contributed by atoms with Crippen LogP contribution in [0.1, 0.15) is 23.3 Å². The first-order valence-corrected chi connectivity index (χ1v) is 8.16. The predicted molar refractivity (Wildman–Crippen MR) is 91.0 cm³/mol. The van der Waals surface area contributed by atoms with E-state index in [1.54, 1.807) is 24.9 Å². The Kier molecular flexibility index (Phi) is 3.96. The fourth-order valence-corrected chi connectivity index (χ4v) is 3.14. The summed E-state index contributed by atoms with van der Waals surface area (Å²) in [5.74, 6) is 0.631.